The minimum atomic E-state index is -1.48. The van der Waals surface area contributed by atoms with E-state index in [0.717, 1.165) is 0 Å². The van der Waals surface area contributed by atoms with Crippen molar-refractivity contribution < 1.29 is 23.5 Å². The van der Waals surface area contributed by atoms with Crippen molar-refractivity contribution >= 4 is 17.6 Å². The van der Waals surface area contributed by atoms with Crippen LogP contribution in [0.25, 0.3) is 0 Å². The number of aromatic carboxylic acids is 1. The van der Waals surface area contributed by atoms with Crippen molar-refractivity contribution in [1.82, 2.24) is 0 Å². The van der Waals surface area contributed by atoms with Crippen LogP contribution in [0.5, 0.6) is 0 Å². The van der Waals surface area contributed by atoms with Crippen LogP contribution in [0.3, 0.4) is 0 Å². The van der Waals surface area contributed by atoms with E-state index < -0.39 is 35.1 Å². The van der Waals surface area contributed by atoms with Crippen LogP contribution < -0.4 is 11.1 Å². The Morgan fingerprint density at radius 2 is 1.88 bits per heavy atom. The lowest BCUT2D eigenvalue weighted by Crippen LogP contribution is -2.33. The van der Waals surface area contributed by atoms with Crippen LogP contribution in [-0.4, -0.2) is 23.0 Å². The summed E-state index contributed by atoms with van der Waals surface area (Å²) >= 11 is 0. The number of nitrogens with two attached hydrogens (primary N) is 1. The van der Waals surface area contributed by atoms with Gasteiger partial charge in [0.25, 0.3) is 0 Å². The van der Waals surface area contributed by atoms with Crippen molar-refractivity contribution in [2.45, 2.75) is 13.0 Å². The van der Waals surface area contributed by atoms with Crippen LogP contribution in [-0.2, 0) is 4.79 Å². The van der Waals surface area contributed by atoms with Crippen molar-refractivity contribution in [3.8, 4) is 0 Å². The van der Waals surface area contributed by atoms with Gasteiger partial charge < -0.3 is 16.2 Å². The molecule has 0 aliphatic carbocycles. The molecule has 5 nitrogen and oxygen atoms in total. The van der Waals surface area contributed by atoms with Gasteiger partial charge in [0.15, 0.2) is 11.6 Å². The zero-order valence-electron chi connectivity index (χ0n) is 8.83. The number of halogens is 2. The van der Waals surface area contributed by atoms with Crippen LogP contribution in [0, 0.1) is 11.6 Å². The third-order valence-corrected chi connectivity index (χ3v) is 1.96. The number of anilines is 1. The van der Waals surface area contributed by atoms with Crippen molar-refractivity contribution in [1.29, 1.82) is 0 Å². The standard InChI is InChI=1S/C10H10F2N2O3/c1-4(13)9(15)14-8-3-7(12)6(11)2-5(8)10(16)17/h2-4H,13H2,1H3,(H,14,15)(H,16,17)/t4-/m1/s1. The summed E-state index contributed by atoms with van der Waals surface area (Å²) in [6, 6.07) is 0.192. The molecule has 1 aromatic carbocycles. The molecule has 0 bridgehead atoms. The Hall–Kier alpha value is -2.02. The molecule has 0 aromatic heterocycles. The number of carboxylic acids is 1. The fourth-order valence-corrected chi connectivity index (χ4v) is 1.07. The zero-order valence-corrected chi connectivity index (χ0v) is 8.83. The Balaban J connectivity index is 3.17. The molecule has 7 heteroatoms. The number of carbonyl (C=O) groups excluding carboxylic acids is 1. The van der Waals surface area contributed by atoms with Gasteiger partial charge >= 0.3 is 5.97 Å². The average Bonchev–Trinajstić information content (AvgIpc) is 2.22. The average molecular weight is 244 g/mol. The Labute approximate surface area is 95.2 Å². The van der Waals surface area contributed by atoms with Crippen molar-refractivity contribution in [2.75, 3.05) is 5.32 Å². The van der Waals surface area contributed by atoms with Crippen LogP contribution in [0.4, 0.5) is 14.5 Å². The van der Waals surface area contributed by atoms with E-state index in [1.54, 1.807) is 0 Å². The summed E-state index contributed by atoms with van der Waals surface area (Å²) in [7, 11) is 0. The van der Waals surface area contributed by atoms with E-state index in [1.807, 2.05) is 0 Å². The van der Waals surface area contributed by atoms with Gasteiger partial charge in [-0.05, 0) is 13.0 Å². The first-order valence-corrected chi connectivity index (χ1v) is 4.61. The lowest BCUT2D eigenvalue weighted by atomic mass is 10.1. The molecule has 17 heavy (non-hydrogen) atoms. The number of hydrogen-bond donors (Lipinski definition) is 3. The molecule has 0 saturated carbocycles. The Morgan fingerprint density at radius 3 is 2.35 bits per heavy atom. The van der Waals surface area contributed by atoms with Gasteiger partial charge in [0.05, 0.1) is 17.3 Å². The molecule has 0 spiro atoms. The summed E-state index contributed by atoms with van der Waals surface area (Å²) in [6.45, 7) is 1.37. The molecule has 4 N–H and O–H groups in total. The lowest BCUT2D eigenvalue weighted by molar-refractivity contribution is -0.117. The van der Waals surface area contributed by atoms with Gasteiger partial charge in [-0.2, -0.15) is 0 Å². The van der Waals surface area contributed by atoms with Crippen molar-refractivity contribution in [3.05, 3.63) is 29.3 Å². The van der Waals surface area contributed by atoms with Gasteiger partial charge in [-0.3, -0.25) is 4.79 Å². The number of benzene rings is 1. The quantitative estimate of drug-likeness (QED) is 0.738. The zero-order chi connectivity index (χ0) is 13.2. The molecule has 0 fully saturated rings. The van der Waals surface area contributed by atoms with Gasteiger partial charge in [-0.25, -0.2) is 13.6 Å². The minimum absolute atomic E-state index is 0.335. The molecule has 1 atom stereocenters. The van der Waals surface area contributed by atoms with Crippen LogP contribution in [0.2, 0.25) is 0 Å². The summed E-state index contributed by atoms with van der Waals surface area (Å²) in [5.74, 6) is -4.74. The highest BCUT2D eigenvalue weighted by Crippen LogP contribution is 2.20. The largest absolute Gasteiger partial charge is 0.478 e. The molecule has 0 saturated heterocycles. The van der Waals surface area contributed by atoms with E-state index in [1.165, 1.54) is 6.92 Å². The molecule has 0 aliphatic rings. The third-order valence-electron chi connectivity index (χ3n) is 1.96. The number of carbonyl (C=O) groups is 2. The first kappa shape index (κ1) is 13.0. The van der Waals surface area contributed by atoms with Gasteiger partial charge in [0.1, 0.15) is 0 Å². The monoisotopic (exact) mass is 244 g/mol. The minimum Gasteiger partial charge on any atom is -0.478 e. The number of amides is 1. The first-order valence-electron chi connectivity index (χ1n) is 4.61. The van der Waals surface area contributed by atoms with Crippen molar-refractivity contribution in [2.24, 2.45) is 5.73 Å². The first-order chi connectivity index (χ1) is 7.82. The van der Waals surface area contributed by atoms with Gasteiger partial charge in [0, 0.05) is 6.07 Å². The summed E-state index contributed by atoms with van der Waals surface area (Å²) in [5.41, 5.74) is 4.37. The fraction of sp³-hybridized carbons (Fsp3) is 0.200. The molecule has 1 aromatic rings. The Bertz CT molecular complexity index is 475. The molecule has 0 heterocycles. The van der Waals surface area contributed by atoms with E-state index in [0.29, 0.717) is 12.1 Å². The van der Waals surface area contributed by atoms with Gasteiger partial charge in [-0.1, -0.05) is 0 Å². The van der Waals surface area contributed by atoms with E-state index in [-0.39, 0.29) is 5.69 Å². The highest BCUT2D eigenvalue weighted by molar-refractivity contribution is 6.01. The molecule has 0 radical (unpaired) electrons. The van der Waals surface area contributed by atoms with E-state index in [4.69, 9.17) is 10.8 Å². The van der Waals surface area contributed by atoms with Crippen LogP contribution in [0.15, 0.2) is 12.1 Å². The number of rotatable bonds is 3. The molecular formula is C10H10F2N2O3. The van der Waals surface area contributed by atoms with Gasteiger partial charge in [-0.15, -0.1) is 0 Å². The highest BCUT2D eigenvalue weighted by Gasteiger charge is 2.18. The number of carboxylic acid groups (broad SMARTS) is 1. The summed E-state index contributed by atoms with van der Waals surface area (Å²) in [6.07, 6.45) is 0. The highest BCUT2D eigenvalue weighted by atomic mass is 19.2. The Kier molecular flexibility index (Phi) is 3.74. The second kappa shape index (κ2) is 4.88. The number of nitrogens with one attached hydrogen (secondary N) is 1. The molecule has 1 amide bonds. The maximum atomic E-state index is 12.9. The predicted octanol–water partition coefficient (Wildman–Crippen LogP) is 0.949. The second-order valence-corrected chi connectivity index (χ2v) is 3.39. The van der Waals surface area contributed by atoms with E-state index >= 15 is 0 Å². The molecule has 1 rings (SSSR count). The van der Waals surface area contributed by atoms with Crippen molar-refractivity contribution in [3.63, 3.8) is 0 Å². The molecule has 92 valence electrons. The van der Waals surface area contributed by atoms with E-state index in [2.05, 4.69) is 5.32 Å². The smallest absolute Gasteiger partial charge is 0.337 e. The van der Waals surface area contributed by atoms with Crippen LogP contribution >= 0.6 is 0 Å². The second-order valence-electron chi connectivity index (χ2n) is 3.39. The normalized spacial score (nSPS) is 12.0. The topological polar surface area (TPSA) is 92.4 Å². The van der Waals surface area contributed by atoms with Gasteiger partial charge in [0.2, 0.25) is 5.91 Å². The summed E-state index contributed by atoms with van der Waals surface area (Å²) < 4.78 is 25.8. The van der Waals surface area contributed by atoms with Crippen LogP contribution in [0.1, 0.15) is 17.3 Å². The Morgan fingerprint density at radius 1 is 1.35 bits per heavy atom. The maximum absolute atomic E-state index is 12.9. The molecular weight excluding hydrogens is 234 g/mol. The number of hydrogen-bond acceptors (Lipinski definition) is 3. The third kappa shape index (κ3) is 2.97. The summed E-state index contributed by atoms with van der Waals surface area (Å²) in [4.78, 5) is 22.0. The molecule has 0 aliphatic heterocycles. The summed E-state index contributed by atoms with van der Waals surface area (Å²) in [5, 5.41) is 10.9. The fourth-order valence-electron chi connectivity index (χ4n) is 1.07. The predicted molar refractivity (Wildman–Crippen MR) is 55.6 cm³/mol. The van der Waals surface area contributed by atoms with E-state index in [9.17, 15) is 18.4 Å². The molecule has 0 unspecified atom stereocenters. The lowest BCUT2D eigenvalue weighted by Gasteiger charge is -2.10. The maximum Gasteiger partial charge on any atom is 0.337 e. The SMILES string of the molecule is C[C@@H](N)C(=O)Nc1cc(F)c(F)cc1C(=O)O.